The van der Waals surface area contributed by atoms with Crippen LogP contribution in [-0.2, 0) is 9.59 Å². The molecule has 1 aliphatic rings. The Morgan fingerprint density at radius 2 is 1.89 bits per heavy atom. The van der Waals surface area contributed by atoms with Gasteiger partial charge >= 0.3 is 11.9 Å². The van der Waals surface area contributed by atoms with Crippen LogP contribution in [0.1, 0.15) is 30.9 Å². The van der Waals surface area contributed by atoms with Gasteiger partial charge in [0, 0.05) is 41.7 Å². The topological polar surface area (TPSA) is 152 Å². The third-order valence-electron chi connectivity index (χ3n) is 5.94. The van der Waals surface area contributed by atoms with Gasteiger partial charge in [0.15, 0.2) is 17.7 Å². The number of aromatic nitrogens is 3. The van der Waals surface area contributed by atoms with Crippen LogP contribution in [0.4, 0.5) is 4.39 Å². The predicted octanol–water partition coefficient (Wildman–Crippen LogP) is 3.82. The van der Waals surface area contributed by atoms with Crippen LogP contribution in [0.25, 0.3) is 22.3 Å². The molecular weight excluding hydrogens is 487 g/mol. The third-order valence-corrected chi connectivity index (χ3v) is 5.94. The second-order valence-corrected chi connectivity index (χ2v) is 8.39. The van der Waals surface area contributed by atoms with Crippen LogP contribution in [0, 0.1) is 5.82 Å². The Bertz CT molecular complexity index is 1300. The minimum absolute atomic E-state index is 0.298. The Balaban J connectivity index is 0.000000480. The number of piperidine rings is 1. The summed E-state index contributed by atoms with van der Waals surface area (Å²) in [7, 11) is 0. The van der Waals surface area contributed by atoms with E-state index in [1.807, 2.05) is 12.1 Å². The molecule has 0 unspecified atom stereocenters. The number of carboxylic acid groups (broad SMARTS) is 2. The van der Waals surface area contributed by atoms with Crippen molar-refractivity contribution < 1.29 is 37.9 Å². The summed E-state index contributed by atoms with van der Waals surface area (Å²) in [6.07, 6.45) is 7.75. The fraction of sp³-hybridized carbons (Fsp3) is 0.320. The summed E-state index contributed by atoms with van der Waals surface area (Å²) < 4.78 is 29.7. The summed E-state index contributed by atoms with van der Waals surface area (Å²) in [5, 5.41) is 19.9. The molecule has 0 spiro atoms. The molecule has 4 heterocycles. The number of carboxylic acids is 2. The average Bonchev–Trinajstić information content (AvgIpc) is 3.58. The summed E-state index contributed by atoms with van der Waals surface area (Å²) in [5.74, 6) is -2.30. The highest BCUT2D eigenvalue weighted by Gasteiger charge is 2.25. The first kappa shape index (κ1) is 25.8. The Morgan fingerprint density at radius 3 is 2.54 bits per heavy atom. The molecule has 3 aromatic heterocycles. The first-order valence-corrected chi connectivity index (χ1v) is 11.6. The van der Waals surface area contributed by atoms with Gasteiger partial charge in [-0.25, -0.2) is 23.9 Å². The molecule has 194 valence electrons. The zero-order valence-corrected chi connectivity index (χ0v) is 19.7. The quantitative estimate of drug-likeness (QED) is 0.274. The van der Waals surface area contributed by atoms with Crippen LogP contribution in [0.5, 0.6) is 5.88 Å². The lowest BCUT2D eigenvalue weighted by molar-refractivity contribution is -0.159. The minimum atomic E-state index is -1.82. The average molecular weight is 512 g/mol. The zero-order valence-electron chi connectivity index (χ0n) is 19.7. The van der Waals surface area contributed by atoms with E-state index in [1.54, 1.807) is 18.5 Å². The molecule has 0 atom stereocenters. The van der Waals surface area contributed by atoms with Gasteiger partial charge in [-0.05, 0) is 50.6 Å². The highest BCUT2D eigenvalue weighted by atomic mass is 19.1. The summed E-state index contributed by atoms with van der Waals surface area (Å²) in [5.41, 5.74) is 2.35. The summed E-state index contributed by atoms with van der Waals surface area (Å²) in [6, 6.07) is 8.39. The number of oxazole rings is 1. The number of benzene rings is 1. The number of pyridine rings is 1. The molecule has 0 aliphatic carbocycles. The Hall–Kier alpha value is -4.32. The molecule has 1 aliphatic heterocycles. The lowest BCUT2D eigenvalue weighted by atomic mass is 9.91. The van der Waals surface area contributed by atoms with Crippen LogP contribution < -0.4 is 4.74 Å². The number of likely N-dealkylation sites (tertiary alicyclic amines) is 1. The maximum atomic E-state index is 13.4. The van der Waals surface area contributed by atoms with E-state index < -0.39 is 11.9 Å². The van der Waals surface area contributed by atoms with Crippen molar-refractivity contribution in [3.05, 3.63) is 60.6 Å². The van der Waals surface area contributed by atoms with Crippen LogP contribution in [0.3, 0.4) is 0 Å². The van der Waals surface area contributed by atoms with Crippen LogP contribution in [-0.4, -0.2) is 68.4 Å². The normalized spacial score (nSPS) is 14.2. The van der Waals surface area contributed by atoms with Gasteiger partial charge in [-0.3, -0.25) is 0 Å². The van der Waals surface area contributed by atoms with E-state index >= 15 is 0 Å². The van der Waals surface area contributed by atoms with Crippen molar-refractivity contribution in [3.8, 4) is 17.2 Å². The number of hydrogen-bond donors (Lipinski definition) is 2. The summed E-state index contributed by atoms with van der Waals surface area (Å²) >= 11 is 0. The second-order valence-electron chi connectivity index (χ2n) is 8.39. The maximum absolute atomic E-state index is 13.4. The maximum Gasteiger partial charge on any atom is 0.414 e. The molecule has 1 aromatic carbocycles. The Labute approximate surface area is 210 Å². The molecule has 37 heavy (non-hydrogen) atoms. The number of rotatable bonds is 7. The summed E-state index contributed by atoms with van der Waals surface area (Å²) in [6.45, 7) is 3.61. The molecule has 12 heteroatoms. The van der Waals surface area contributed by atoms with Gasteiger partial charge in [-0.2, -0.15) is 0 Å². The van der Waals surface area contributed by atoms with Crippen LogP contribution in [0.15, 0.2) is 58.1 Å². The van der Waals surface area contributed by atoms with Crippen molar-refractivity contribution in [1.82, 2.24) is 20.0 Å². The highest BCUT2D eigenvalue weighted by molar-refractivity contribution is 6.27. The molecule has 5 rings (SSSR count). The van der Waals surface area contributed by atoms with Crippen molar-refractivity contribution in [2.45, 2.75) is 25.2 Å². The minimum Gasteiger partial charge on any atom is -0.478 e. The highest BCUT2D eigenvalue weighted by Crippen LogP contribution is 2.32. The number of nitrogens with zero attached hydrogens (tertiary/aromatic N) is 4. The lowest BCUT2D eigenvalue weighted by Gasteiger charge is -2.31. The molecular formula is C25H25FN4O7. The van der Waals surface area contributed by atoms with Crippen molar-refractivity contribution in [1.29, 1.82) is 0 Å². The van der Waals surface area contributed by atoms with Gasteiger partial charge < -0.3 is 28.8 Å². The monoisotopic (exact) mass is 512 g/mol. The van der Waals surface area contributed by atoms with E-state index in [1.165, 1.54) is 18.5 Å². The fourth-order valence-corrected chi connectivity index (χ4v) is 4.09. The standard InChI is InChI=1S/C23H23FN4O3.C2H2O4/c24-18-3-4-19-20(12-18)31-27-23(19)16-6-9-28(10-7-16)8-1-11-29-22-5-2-17(13-26-22)21-14-25-15-30-21;3-1(4)2(5)6/h2-5,12-16H,1,6-11H2;(H,3,4)(H,5,6). The van der Waals surface area contributed by atoms with Gasteiger partial charge in [0.2, 0.25) is 5.88 Å². The van der Waals surface area contributed by atoms with Crippen molar-refractivity contribution >= 4 is 22.9 Å². The lowest BCUT2D eigenvalue weighted by Crippen LogP contribution is -2.34. The van der Waals surface area contributed by atoms with E-state index in [-0.39, 0.29) is 5.82 Å². The number of fused-ring (bicyclic) bond motifs is 1. The van der Waals surface area contributed by atoms with Crippen molar-refractivity contribution in [2.24, 2.45) is 0 Å². The number of hydrogen-bond acceptors (Lipinski definition) is 9. The molecule has 0 amide bonds. The van der Waals surface area contributed by atoms with Gasteiger partial charge in [-0.15, -0.1) is 0 Å². The van der Waals surface area contributed by atoms with Gasteiger partial charge in [0.05, 0.1) is 18.5 Å². The summed E-state index contributed by atoms with van der Waals surface area (Å²) in [4.78, 5) is 28.9. The molecule has 11 nitrogen and oxygen atoms in total. The molecule has 1 saturated heterocycles. The van der Waals surface area contributed by atoms with Crippen LogP contribution in [0.2, 0.25) is 0 Å². The zero-order chi connectivity index (χ0) is 26.2. The molecule has 0 bridgehead atoms. The second kappa shape index (κ2) is 12.1. The van der Waals surface area contributed by atoms with Gasteiger partial charge in [-0.1, -0.05) is 5.16 Å². The predicted molar refractivity (Wildman–Crippen MR) is 127 cm³/mol. The number of ether oxygens (including phenoxy) is 1. The Kier molecular flexibility index (Phi) is 8.41. The van der Waals surface area contributed by atoms with E-state index in [4.69, 9.17) is 33.5 Å². The number of carbonyl (C=O) groups is 2. The molecule has 0 saturated carbocycles. The molecule has 4 aromatic rings. The first-order valence-electron chi connectivity index (χ1n) is 11.6. The number of halogens is 1. The fourth-order valence-electron chi connectivity index (χ4n) is 4.09. The first-order chi connectivity index (χ1) is 17.9. The largest absolute Gasteiger partial charge is 0.478 e. The van der Waals surface area contributed by atoms with Crippen molar-refractivity contribution in [2.75, 3.05) is 26.2 Å². The van der Waals surface area contributed by atoms with E-state index in [2.05, 4.69) is 20.0 Å². The molecule has 2 N–H and O–H groups in total. The Morgan fingerprint density at radius 1 is 1.11 bits per heavy atom. The van der Waals surface area contributed by atoms with E-state index in [0.717, 1.165) is 55.5 Å². The third kappa shape index (κ3) is 6.88. The smallest absolute Gasteiger partial charge is 0.414 e. The van der Waals surface area contributed by atoms with Gasteiger partial charge in [0.1, 0.15) is 5.82 Å². The van der Waals surface area contributed by atoms with E-state index in [0.29, 0.717) is 29.7 Å². The number of aliphatic carboxylic acids is 2. The van der Waals surface area contributed by atoms with E-state index in [9.17, 15) is 4.39 Å². The van der Waals surface area contributed by atoms with Crippen molar-refractivity contribution in [3.63, 3.8) is 0 Å². The molecule has 1 fully saturated rings. The van der Waals surface area contributed by atoms with Crippen LogP contribution >= 0.6 is 0 Å². The SMILES string of the molecule is Fc1ccc2c(C3CCN(CCCOc4ccc(-c5cnco5)cn4)CC3)noc2c1.O=C(O)C(=O)O. The van der Waals surface area contributed by atoms with Gasteiger partial charge in [0.25, 0.3) is 0 Å². The molecule has 0 radical (unpaired) electrons.